The van der Waals surface area contributed by atoms with E-state index in [9.17, 15) is 0 Å². The molecule has 0 atom stereocenters. The minimum atomic E-state index is 0. The Morgan fingerprint density at radius 2 is 0.944 bits per heavy atom. The molecule has 0 radical (unpaired) electrons. The molecule has 0 spiro atoms. The number of hydrogen-bond acceptors (Lipinski definition) is 0. The first-order valence-corrected chi connectivity index (χ1v) is 7.36. The van der Waals surface area contributed by atoms with Gasteiger partial charge in [-0.05, 0) is 12.8 Å². The van der Waals surface area contributed by atoms with Gasteiger partial charge in [0.2, 0.25) is 0 Å². The van der Waals surface area contributed by atoms with E-state index in [1.165, 1.54) is 70.8 Å². The van der Waals surface area contributed by atoms with Crippen LogP contribution in [0.1, 0.15) is 71.1 Å². The summed E-state index contributed by atoms with van der Waals surface area (Å²) < 4.78 is 1.12. The van der Waals surface area contributed by atoms with E-state index < -0.39 is 0 Å². The standard InChI is InChI=1S/C15H34N.FH.K.H/c1-5-6-7-8-9-10-11-12-13-14-15-16(2,3)4;;;/h5-15H2,1-4H3;1H;;/q+1;;;. The van der Waals surface area contributed by atoms with Gasteiger partial charge in [-0.2, -0.15) is 0 Å². The van der Waals surface area contributed by atoms with E-state index in [2.05, 4.69) is 28.1 Å². The van der Waals surface area contributed by atoms with Crippen molar-refractivity contribution in [2.24, 2.45) is 0 Å². The normalized spacial score (nSPS) is 10.7. The van der Waals surface area contributed by atoms with Gasteiger partial charge >= 0.3 is 51.4 Å². The second-order valence-electron chi connectivity index (χ2n) is 6.20. The summed E-state index contributed by atoms with van der Waals surface area (Å²) in [6.07, 6.45) is 14.4. The van der Waals surface area contributed by atoms with Crippen molar-refractivity contribution >= 4 is 51.4 Å². The molecule has 0 amide bonds. The molecule has 108 valence electrons. The van der Waals surface area contributed by atoms with Crippen molar-refractivity contribution in [1.82, 2.24) is 0 Å². The van der Waals surface area contributed by atoms with Gasteiger partial charge in [0.05, 0.1) is 27.7 Å². The molecule has 0 fully saturated rings. The number of quaternary nitrogens is 1. The third-order valence-corrected chi connectivity index (χ3v) is 3.18. The Hall–Kier alpha value is 1.53. The molecule has 1 nitrogen and oxygen atoms in total. The fraction of sp³-hybridized carbons (Fsp3) is 1.00. The molecule has 0 aromatic rings. The topological polar surface area (TPSA) is 0 Å². The molecule has 0 bridgehead atoms. The summed E-state index contributed by atoms with van der Waals surface area (Å²) in [4.78, 5) is 0. The molecule has 0 saturated heterocycles. The van der Waals surface area contributed by atoms with Crippen molar-refractivity contribution in [2.75, 3.05) is 27.7 Å². The minimum absolute atomic E-state index is 0. The van der Waals surface area contributed by atoms with E-state index in [1.807, 2.05) is 0 Å². The van der Waals surface area contributed by atoms with Crippen LogP contribution in [0, 0.1) is 0 Å². The van der Waals surface area contributed by atoms with Crippen LogP contribution in [0.3, 0.4) is 0 Å². The predicted molar refractivity (Wildman–Crippen MR) is 84.4 cm³/mol. The van der Waals surface area contributed by atoms with E-state index in [0.717, 1.165) is 4.48 Å². The van der Waals surface area contributed by atoms with Gasteiger partial charge in [-0.15, -0.1) is 0 Å². The van der Waals surface area contributed by atoms with Crippen LogP contribution in [-0.2, 0) is 0 Å². The van der Waals surface area contributed by atoms with Crippen LogP contribution in [0.5, 0.6) is 0 Å². The van der Waals surface area contributed by atoms with Crippen molar-refractivity contribution in [1.29, 1.82) is 0 Å². The molecular formula is C15H36FKN+. The van der Waals surface area contributed by atoms with Gasteiger partial charge in [-0.25, -0.2) is 0 Å². The molecule has 0 unspecified atom stereocenters. The Kier molecular flexibility index (Phi) is 22.6. The number of unbranched alkanes of at least 4 members (excludes halogenated alkanes) is 9. The molecule has 0 rings (SSSR count). The van der Waals surface area contributed by atoms with Gasteiger partial charge in [-0.3, -0.25) is 4.70 Å². The van der Waals surface area contributed by atoms with Crippen molar-refractivity contribution < 1.29 is 9.19 Å². The van der Waals surface area contributed by atoms with Crippen LogP contribution in [0.2, 0.25) is 0 Å². The summed E-state index contributed by atoms with van der Waals surface area (Å²) in [7, 11) is 6.86. The molecule has 0 aliphatic carbocycles. The maximum absolute atomic E-state index is 2.29. The summed E-state index contributed by atoms with van der Waals surface area (Å²) >= 11 is 0. The Morgan fingerprint density at radius 3 is 1.28 bits per heavy atom. The van der Waals surface area contributed by atoms with Crippen LogP contribution in [0.15, 0.2) is 0 Å². The molecule has 0 heterocycles. The molecule has 0 aliphatic rings. The Balaban J connectivity index is -0.00000112. The van der Waals surface area contributed by atoms with Gasteiger partial charge < -0.3 is 4.48 Å². The molecule has 0 saturated carbocycles. The predicted octanol–water partition coefficient (Wildman–Crippen LogP) is 4.12. The monoisotopic (exact) mass is 288 g/mol. The van der Waals surface area contributed by atoms with Gasteiger partial charge in [0, 0.05) is 0 Å². The van der Waals surface area contributed by atoms with Gasteiger partial charge in [0.25, 0.3) is 0 Å². The number of hydrogen-bond donors (Lipinski definition) is 0. The van der Waals surface area contributed by atoms with Crippen molar-refractivity contribution in [3.8, 4) is 0 Å². The Labute approximate surface area is 157 Å². The van der Waals surface area contributed by atoms with Crippen LogP contribution in [0.25, 0.3) is 0 Å². The SMILES string of the molecule is CCCCCCCCCCCC[N+](C)(C)C.F.[KH]. The van der Waals surface area contributed by atoms with Gasteiger partial charge in [-0.1, -0.05) is 58.3 Å². The van der Waals surface area contributed by atoms with E-state index in [-0.39, 0.29) is 56.1 Å². The summed E-state index contributed by atoms with van der Waals surface area (Å²) in [6, 6.07) is 0. The second-order valence-corrected chi connectivity index (χ2v) is 6.20. The molecule has 0 aromatic carbocycles. The molecule has 0 aliphatic heterocycles. The third-order valence-electron chi connectivity index (χ3n) is 3.18. The molecule has 0 N–H and O–H groups in total. The average molecular weight is 289 g/mol. The quantitative estimate of drug-likeness (QED) is 0.305. The fourth-order valence-electron chi connectivity index (χ4n) is 2.07. The molecule has 3 heteroatoms. The van der Waals surface area contributed by atoms with Gasteiger partial charge in [0.1, 0.15) is 0 Å². The fourth-order valence-corrected chi connectivity index (χ4v) is 2.07. The van der Waals surface area contributed by atoms with Crippen LogP contribution < -0.4 is 0 Å². The third kappa shape index (κ3) is 22.7. The maximum atomic E-state index is 2.29. The van der Waals surface area contributed by atoms with Crippen molar-refractivity contribution in [2.45, 2.75) is 71.1 Å². The van der Waals surface area contributed by atoms with E-state index in [1.54, 1.807) is 0 Å². The van der Waals surface area contributed by atoms with E-state index in [0.29, 0.717) is 0 Å². The zero-order valence-corrected chi connectivity index (χ0v) is 12.6. The van der Waals surface area contributed by atoms with E-state index in [4.69, 9.17) is 0 Å². The van der Waals surface area contributed by atoms with Crippen LogP contribution in [0.4, 0.5) is 4.70 Å². The Bertz CT molecular complexity index is 146. The van der Waals surface area contributed by atoms with Crippen molar-refractivity contribution in [3.05, 3.63) is 0 Å². The zero-order valence-electron chi connectivity index (χ0n) is 12.6. The number of nitrogens with zero attached hydrogens (tertiary/aromatic N) is 1. The molecular weight excluding hydrogens is 252 g/mol. The summed E-state index contributed by atoms with van der Waals surface area (Å²) in [5.74, 6) is 0. The number of rotatable bonds is 11. The average Bonchev–Trinajstić information content (AvgIpc) is 2.19. The second kappa shape index (κ2) is 16.6. The zero-order chi connectivity index (χ0) is 12.3. The molecule has 18 heavy (non-hydrogen) atoms. The van der Waals surface area contributed by atoms with Gasteiger partial charge in [0.15, 0.2) is 0 Å². The van der Waals surface area contributed by atoms with Crippen LogP contribution >= 0.6 is 0 Å². The van der Waals surface area contributed by atoms with Crippen molar-refractivity contribution in [3.63, 3.8) is 0 Å². The van der Waals surface area contributed by atoms with Crippen LogP contribution in [-0.4, -0.2) is 83.6 Å². The summed E-state index contributed by atoms with van der Waals surface area (Å²) in [5, 5.41) is 0. The summed E-state index contributed by atoms with van der Waals surface area (Å²) in [6.45, 7) is 3.62. The van der Waals surface area contributed by atoms with E-state index >= 15 is 0 Å². The molecule has 0 aromatic heterocycles. The first kappa shape index (κ1) is 24.5. The first-order valence-electron chi connectivity index (χ1n) is 7.36. The number of halogens is 1. The Morgan fingerprint density at radius 1 is 0.611 bits per heavy atom. The summed E-state index contributed by atoms with van der Waals surface area (Å²) in [5.41, 5.74) is 0. The first-order chi connectivity index (χ1) is 7.56.